The van der Waals surface area contributed by atoms with Gasteiger partial charge in [-0.1, -0.05) is 46.5 Å². The van der Waals surface area contributed by atoms with Gasteiger partial charge in [0.05, 0.1) is 0 Å². The van der Waals surface area contributed by atoms with Gasteiger partial charge in [-0.15, -0.1) is 0 Å². The van der Waals surface area contributed by atoms with Crippen LogP contribution in [0.5, 0.6) is 0 Å². The van der Waals surface area contributed by atoms with Crippen molar-refractivity contribution in [2.45, 2.75) is 65.7 Å². The highest BCUT2D eigenvalue weighted by molar-refractivity contribution is 4.72. The van der Waals surface area contributed by atoms with Gasteiger partial charge in [-0.25, -0.2) is 0 Å². The second-order valence-corrected chi connectivity index (χ2v) is 5.42. The molecule has 0 saturated heterocycles. The number of hydrogen-bond donors (Lipinski definition) is 2. The molecular weight excluding hydrogens is 200 g/mol. The summed E-state index contributed by atoms with van der Waals surface area (Å²) in [5.74, 6) is 0.478. The molecule has 16 heavy (non-hydrogen) atoms. The van der Waals surface area contributed by atoms with E-state index in [-0.39, 0.29) is 5.41 Å². The van der Waals surface area contributed by atoms with E-state index in [1.807, 2.05) is 0 Å². The van der Waals surface area contributed by atoms with Crippen LogP contribution in [-0.4, -0.2) is 23.4 Å². The van der Waals surface area contributed by atoms with E-state index in [9.17, 15) is 5.11 Å². The van der Waals surface area contributed by atoms with E-state index in [0.717, 1.165) is 32.1 Å². The predicted molar refractivity (Wildman–Crippen MR) is 69.4 cm³/mol. The Kier molecular flexibility index (Phi) is 8.96. The SMILES string of the molecule is CCCC(C)(CO)CCCCC(CC)CO. The lowest BCUT2D eigenvalue weighted by Gasteiger charge is -2.27. The van der Waals surface area contributed by atoms with Crippen molar-refractivity contribution >= 4 is 0 Å². The Morgan fingerprint density at radius 2 is 1.75 bits per heavy atom. The summed E-state index contributed by atoms with van der Waals surface area (Å²) in [5, 5.41) is 18.5. The minimum Gasteiger partial charge on any atom is -0.396 e. The van der Waals surface area contributed by atoms with E-state index in [4.69, 9.17) is 5.11 Å². The van der Waals surface area contributed by atoms with E-state index in [2.05, 4.69) is 20.8 Å². The normalized spacial score (nSPS) is 17.1. The molecule has 0 aromatic carbocycles. The second kappa shape index (κ2) is 9.00. The maximum absolute atomic E-state index is 9.38. The lowest BCUT2D eigenvalue weighted by Crippen LogP contribution is -2.21. The number of aliphatic hydroxyl groups is 2. The van der Waals surface area contributed by atoms with Gasteiger partial charge < -0.3 is 10.2 Å². The van der Waals surface area contributed by atoms with Crippen molar-refractivity contribution < 1.29 is 10.2 Å². The molecule has 98 valence electrons. The van der Waals surface area contributed by atoms with Crippen molar-refractivity contribution in [1.29, 1.82) is 0 Å². The number of hydrogen-bond acceptors (Lipinski definition) is 2. The van der Waals surface area contributed by atoms with E-state index < -0.39 is 0 Å². The highest BCUT2D eigenvalue weighted by atomic mass is 16.3. The zero-order valence-corrected chi connectivity index (χ0v) is 11.3. The van der Waals surface area contributed by atoms with E-state index in [1.165, 1.54) is 12.8 Å². The smallest absolute Gasteiger partial charge is 0.0484 e. The third-order valence-corrected chi connectivity index (χ3v) is 3.71. The van der Waals surface area contributed by atoms with Gasteiger partial charge in [-0.05, 0) is 30.6 Å². The fourth-order valence-corrected chi connectivity index (χ4v) is 2.30. The molecule has 0 bridgehead atoms. The highest BCUT2D eigenvalue weighted by Crippen LogP contribution is 2.29. The van der Waals surface area contributed by atoms with Crippen LogP contribution in [0.3, 0.4) is 0 Å². The molecule has 2 unspecified atom stereocenters. The third kappa shape index (κ3) is 6.49. The maximum atomic E-state index is 9.38. The quantitative estimate of drug-likeness (QED) is 0.565. The lowest BCUT2D eigenvalue weighted by molar-refractivity contribution is 0.117. The Morgan fingerprint density at radius 3 is 2.19 bits per heavy atom. The monoisotopic (exact) mass is 230 g/mol. The van der Waals surface area contributed by atoms with Gasteiger partial charge in [0.15, 0.2) is 0 Å². The number of aliphatic hydroxyl groups excluding tert-OH is 2. The Hall–Kier alpha value is -0.0800. The summed E-state index contributed by atoms with van der Waals surface area (Å²) in [7, 11) is 0. The average molecular weight is 230 g/mol. The van der Waals surface area contributed by atoms with E-state index in [1.54, 1.807) is 0 Å². The first-order chi connectivity index (χ1) is 7.61. The summed E-state index contributed by atoms with van der Waals surface area (Å²) in [6.45, 7) is 7.11. The molecule has 0 saturated carbocycles. The van der Waals surface area contributed by atoms with Crippen molar-refractivity contribution in [2.75, 3.05) is 13.2 Å². The Balaban J connectivity index is 3.70. The highest BCUT2D eigenvalue weighted by Gasteiger charge is 2.21. The molecule has 0 heterocycles. The Morgan fingerprint density at radius 1 is 1.06 bits per heavy atom. The number of unbranched alkanes of at least 4 members (excludes halogenated alkanes) is 1. The molecule has 0 aliphatic carbocycles. The van der Waals surface area contributed by atoms with Crippen LogP contribution in [0.1, 0.15) is 65.7 Å². The van der Waals surface area contributed by atoms with Crippen molar-refractivity contribution in [3.63, 3.8) is 0 Å². The molecule has 0 amide bonds. The molecule has 2 nitrogen and oxygen atoms in total. The number of rotatable bonds is 10. The van der Waals surface area contributed by atoms with Gasteiger partial charge in [-0.3, -0.25) is 0 Å². The van der Waals surface area contributed by atoms with Crippen molar-refractivity contribution in [1.82, 2.24) is 0 Å². The third-order valence-electron chi connectivity index (χ3n) is 3.71. The first kappa shape index (κ1) is 15.9. The Bertz CT molecular complexity index is 155. The molecule has 0 aromatic heterocycles. The predicted octanol–water partition coefficient (Wildman–Crippen LogP) is 3.36. The molecule has 0 aromatic rings. The fourth-order valence-electron chi connectivity index (χ4n) is 2.30. The Labute approximate surface area is 101 Å². The largest absolute Gasteiger partial charge is 0.396 e. The van der Waals surface area contributed by atoms with Crippen LogP contribution < -0.4 is 0 Å². The summed E-state index contributed by atoms with van der Waals surface area (Å²) >= 11 is 0. The summed E-state index contributed by atoms with van der Waals surface area (Å²) in [5.41, 5.74) is 0.121. The minimum absolute atomic E-state index is 0.121. The topological polar surface area (TPSA) is 40.5 Å². The van der Waals surface area contributed by atoms with Crippen LogP contribution in [0.15, 0.2) is 0 Å². The molecular formula is C14H30O2. The minimum atomic E-state index is 0.121. The van der Waals surface area contributed by atoms with Crippen LogP contribution in [0, 0.1) is 11.3 Å². The molecule has 0 fully saturated rings. The van der Waals surface area contributed by atoms with Crippen LogP contribution in [0.25, 0.3) is 0 Å². The van der Waals surface area contributed by atoms with Gasteiger partial charge >= 0.3 is 0 Å². The molecule has 0 aliphatic rings. The molecule has 2 N–H and O–H groups in total. The van der Waals surface area contributed by atoms with Gasteiger partial charge in [0.2, 0.25) is 0 Å². The van der Waals surface area contributed by atoms with E-state index in [0.29, 0.717) is 19.1 Å². The van der Waals surface area contributed by atoms with Crippen molar-refractivity contribution in [3.8, 4) is 0 Å². The van der Waals surface area contributed by atoms with Crippen LogP contribution in [0.2, 0.25) is 0 Å². The molecule has 0 aliphatic heterocycles. The molecule has 2 heteroatoms. The first-order valence-corrected chi connectivity index (χ1v) is 6.83. The lowest BCUT2D eigenvalue weighted by atomic mass is 9.81. The van der Waals surface area contributed by atoms with Crippen molar-refractivity contribution in [2.24, 2.45) is 11.3 Å². The van der Waals surface area contributed by atoms with Crippen LogP contribution >= 0.6 is 0 Å². The molecule has 0 spiro atoms. The van der Waals surface area contributed by atoms with Crippen LogP contribution in [0.4, 0.5) is 0 Å². The fraction of sp³-hybridized carbons (Fsp3) is 1.00. The maximum Gasteiger partial charge on any atom is 0.0484 e. The summed E-state index contributed by atoms with van der Waals surface area (Å²) in [6, 6.07) is 0. The summed E-state index contributed by atoms with van der Waals surface area (Å²) in [4.78, 5) is 0. The molecule has 0 rings (SSSR count). The van der Waals surface area contributed by atoms with Gasteiger partial charge in [0.1, 0.15) is 0 Å². The summed E-state index contributed by atoms with van der Waals surface area (Å²) in [6.07, 6.45) is 7.92. The van der Waals surface area contributed by atoms with Gasteiger partial charge in [0, 0.05) is 13.2 Å². The molecule has 2 atom stereocenters. The van der Waals surface area contributed by atoms with E-state index >= 15 is 0 Å². The first-order valence-electron chi connectivity index (χ1n) is 6.83. The standard InChI is InChI=1S/C14H30O2/c1-4-9-14(3,12-16)10-7-6-8-13(5-2)11-15/h13,15-16H,4-12H2,1-3H3. The zero-order valence-electron chi connectivity index (χ0n) is 11.3. The van der Waals surface area contributed by atoms with Crippen molar-refractivity contribution in [3.05, 3.63) is 0 Å². The van der Waals surface area contributed by atoms with Crippen LogP contribution in [-0.2, 0) is 0 Å². The average Bonchev–Trinajstić information content (AvgIpc) is 2.30. The van der Waals surface area contributed by atoms with Gasteiger partial charge in [-0.2, -0.15) is 0 Å². The summed E-state index contributed by atoms with van der Waals surface area (Å²) < 4.78 is 0. The molecule has 0 radical (unpaired) electrons. The second-order valence-electron chi connectivity index (χ2n) is 5.42. The zero-order chi connectivity index (χ0) is 12.4. The van der Waals surface area contributed by atoms with Gasteiger partial charge in [0.25, 0.3) is 0 Å².